The highest BCUT2D eigenvalue weighted by Gasteiger charge is 2.19. The number of aromatic nitrogens is 2. The summed E-state index contributed by atoms with van der Waals surface area (Å²) in [5.74, 6) is 0.216. The molecule has 3 aromatic carbocycles. The summed E-state index contributed by atoms with van der Waals surface area (Å²) in [6.45, 7) is 4.02. The average Bonchev–Trinajstić information content (AvgIpc) is 3.45. The van der Waals surface area contributed by atoms with Crippen LogP contribution in [0.2, 0.25) is 0 Å². The van der Waals surface area contributed by atoms with Crippen LogP contribution in [-0.4, -0.2) is 37.2 Å². The zero-order valence-corrected chi connectivity index (χ0v) is 22.5. The van der Waals surface area contributed by atoms with E-state index >= 15 is 0 Å². The molecule has 0 saturated heterocycles. The lowest BCUT2D eigenvalue weighted by molar-refractivity contribution is -0.113. The minimum Gasteiger partial charge on any atom is -0.495 e. The number of nitrogens with zero attached hydrogens (tertiary/aromatic N) is 2. The molecule has 0 atom stereocenters. The van der Waals surface area contributed by atoms with E-state index in [-0.39, 0.29) is 21.8 Å². The Morgan fingerprint density at radius 2 is 1.92 bits per heavy atom. The second kappa shape index (κ2) is 10.0. The van der Waals surface area contributed by atoms with Crippen LogP contribution in [0.5, 0.6) is 5.75 Å². The van der Waals surface area contributed by atoms with E-state index < -0.39 is 10.0 Å². The van der Waals surface area contributed by atoms with Crippen molar-refractivity contribution < 1.29 is 22.4 Å². The van der Waals surface area contributed by atoms with E-state index in [1.807, 2.05) is 19.9 Å². The molecule has 0 spiro atoms. The van der Waals surface area contributed by atoms with E-state index in [1.54, 1.807) is 24.3 Å². The van der Waals surface area contributed by atoms with Gasteiger partial charge < -0.3 is 14.5 Å². The molecule has 0 fully saturated rings. The fraction of sp³-hybridized carbons (Fsp3) is 0.160. The SMILES string of the molecule is COc1ccccc1NS(=O)(=O)c1ccc2oc(SCC(=O)Nc3nc4c(C)cc(C)cc4s3)nc2c1. The van der Waals surface area contributed by atoms with Gasteiger partial charge in [-0.3, -0.25) is 9.52 Å². The molecule has 0 saturated carbocycles. The number of rotatable bonds is 8. The van der Waals surface area contributed by atoms with Crippen molar-refractivity contribution in [3.63, 3.8) is 0 Å². The standard InChI is InChI=1S/C25H22N4O5S3/c1-14-10-15(2)23-21(11-14)36-24(28-23)27-22(30)13-35-25-26-18-12-16(8-9-20(18)34-25)37(31,32)29-17-6-4-5-7-19(17)33-3/h4-12,29H,13H2,1-3H3,(H,27,28,30). The van der Waals surface area contributed by atoms with Crippen molar-refractivity contribution in [1.29, 1.82) is 0 Å². The Kier molecular flexibility index (Phi) is 6.80. The number of benzene rings is 3. The third-order valence-electron chi connectivity index (χ3n) is 5.40. The number of thiazole rings is 1. The third-order valence-corrected chi connectivity index (χ3v) is 8.51. The van der Waals surface area contributed by atoms with Gasteiger partial charge >= 0.3 is 0 Å². The van der Waals surface area contributed by atoms with E-state index in [0.717, 1.165) is 33.1 Å². The van der Waals surface area contributed by atoms with Gasteiger partial charge in [-0.2, -0.15) is 0 Å². The summed E-state index contributed by atoms with van der Waals surface area (Å²) in [4.78, 5) is 21.4. The van der Waals surface area contributed by atoms with E-state index in [1.165, 1.54) is 36.6 Å². The molecule has 37 heavy (non-hydrogen) atoms. The van der Waals surface area contributed by atoms with Gasteiger partial charge in [0.1, 0.15) is 11.3 Å². The summed E-state index contributed by atoms with van der Waals surface area (Å²) in [7, 11) is -2.43. The fourth-order valence-corrected chi connectivity index (χ4v) is 6.54. The molecule has 190 valence electrons. The Hall–Kier alpha value is -3.61. The largest absolute Gasteiger partial charge is 0.495 e. The van der Waals surface area contributed by atoms with Crippen molar-refractivity contribution >= 4 is 71.2 Å². The van der Waals surface area contributed by atoms with Gasteiger partial charge in [0, 0.05) is 0 Å². The maximum absolute atomic E-state index is 12.9. The van der Waals surface area contributed by atoms with Gasteiger partial charge in [-0.25, -0.2) is 18.4 Å². The monoisotopic (exact) mass is 554 g/mol. The summed E-state index contributed by atoms with van der Waals surface area (Å²) < 4.78 is 40.3. The lowest BCUT2D eigenvalue weighted by Gasteiger charge is -2.11. The molecule has 1 amide bonds. The molecule has 0 radical (unpaired) electrons. The second-order valence-corrected chi connectivity index (χ2v) is 11.8. The zero-order valence-electron chi connectivity index (χ0n) is 20.1. The number of amides is 1. The summed E-state index contributed by atoms with van der Waals surface area (Å²) in [6, 6.07) is 15.2. The number of sulfonamides is 1. The Balaban J connectivity index is 1.27. The van der Waals surface area contributed by atoms with Crippen LogP contribution in [0.3, 0.4) is 0 Å². The van der Waals surface area contributed by atoms with Gasteiger partial charge in [0.2, 0.25) is 5.91 Å². The van der Waals surface area contributed by atoms with Crippen molar-refractivity contribution in [3.05, 3.63) is 65.7 Å². The molecule has 0 aliphatic rings. The van der Waals surface area contributed by atoms with Gasteiger partial charge in [0.25, 0.3) is 15.2 Å². The molecule has 2 N–H and O–H groups in total. The molecule has 2 aromatic heterocycles. The highest BCUT2D eigenvalue weighted by Crippen LogP contribution is 2.31. The second-order valence-electron chi connectivity index (χ2n) is 8.20. The van der Waals surface area contributed by atoms with Crippen molar-refractivity contribution in [2.75, 3.05) is 22.9 Å². The molecule has 12 heteroatoms. The summed E-state index contributed by atoms with van der Waals surface area (Å²) in [5.41, 5.74) is 4.19. The van der Waals surface area contributed by atoms with Crippen LogP contribution in [0.4, 0.5) is 10.8 Å². The quantitative estimate of drug-likeness (QED) is 0.238. The molecule has 5 aromatic rings. The lowest BCUT2D eigenvalue weighted by atomic mass is 10.1. The number of ether oxygens (including phenoxy) is 1. The molecule has 0 aliphatic heterocycles. The number of hydrogen-bond acceptors (Lipinski definition) is 9. The topological polar surface area (TPSA) is 123 Å². The molecule has 2 heterocycles. The van der Waals surface area contributed by atoms with Crippen molar-refractivity contribution in [2.24, 2.45) is 0 Å². The van der Waals surface area contributed by atoms with Crippen LogP contribution >= 0.6 is 23.1 Å². The van der Waals surface area contributed by atoms with E-state index in [9.17, 15) is 13.2 Å². The van der Waals surface area contributed by atoms with Gasteiger partial charge in [-0.1, -0.05) is 41.3 Å². The Labute approximate surface area is 221 Å². The number of aryl methyl sites for hydroxylation is 2. The smallest absolute Gasteiger partial charge is 0.262 e. The maximum atomic E-state index is 12.9. The molecule has 0 aliphatic carbocycles. The van der Waals surface area contributed by atoms with E-state index in [4.69, 9.17) is 9.15 Å². The number of nitrogens with one attached hydrogen (secondary N) is 2. The molecule has 9 nitrogen and oxygen atoms in total. The molecule has 0 bridgehead atoms. The van der Waals surface area contributed by atoms with Gasteiger partial charge in [-0.15, -0.1) is 0 Å². The number of fused-ring (bicyclic) bond motifs is 2. The first-order valence-corrected chi connectivity index (χ1v) is 14.4. The molecule has 5 rings (SSSR count). The van der Waals surface area contributed by atoms with E-state index in [0.29, 0.717) is 27.7 Å². The summed E-state index contributed by atoms with van der Waals surface area (Å²) >= 11 is 2.54. The highest BCUT2D eigenvalue weighted by molar-refractivity contribution is 7.99. The van der Waals surface area contributed by atoms with Crippen molar-refractivity contribution in [3.8, 4) is 5.75 Å². The first kappa shape index (κ1) is 25.1. The Morgan fingerprint density at radius 1 is 1.11 bits per heavy atom. The third kappa shape index (κ3) is 5.41. The van der Waals surface area contributed by atoms with Crippen LogP contribution in [-0.2, 0) is 14.8 Å². The number of carbonyl (C=O) groups is 1. The Morgan fingerprint density at radius 3 is 2.73 bits per heavy atom. The minimum atomic E-state index is -3.89. The first-order chi connectivity index (χ1) is 17.7. The fourth-order valence-electron chi connectivity index (χ4n) is 3.75. The predicted molar refractivity (Wildman–Crippen MR) is 146 cm³/mol. The van der Waals surface area contributed by atoms with Crippen LogP contribution in [0, 0.1) is 13.8 Å². The van der Waals surface area contributed by atoms with Crippen LogP contribution in [0.25, 0.3) is 21.3 Å². The molecule has 0 unspecified atom stereocenters. The number of methoxy groups -OCH3 is 1. The number of para-hydroxylation sites is 2. The maximum Gasteiger partial charge on any atom is 0.262 e. The zero-order chi connectivity index (χ0) is 26.2. The number of thioether (sulfide) groups is 1. The first-order valence-electron chi connectivity index (χ1n) is 11.1. The van der Waals surface area contributed by atoms with Crippen LogP contribution in [0.1, 0.15) is 11.1 Å². The van der Waals surface area contributed by atoms with Gasteiger partial charge in [-0.05, 0) is 61.4 Å². The number of carbonyl (C=O) groups excluding carboxylic acids is 1. The number of hydrogen-bond donors (Lipinski definition) is 2. The summed E-state index contributed by atoms with van der Waals surface area (Å²) in [5, 5.41) is 3.61. The van der Waals surface area contributed by atoms with Crippen molar-refractivity contribution in [1.82, 2.24) is 9.97 Å². The van der Waals surface area contributed by atoms with Crippen LogP contribution < -0.4 is 14.8 Å². The minimum absolute atomic E-state index is 0.0230. The van der Waals surface area contributed by atoms with Gasteiger partial charge in [0.05, 0.1) is 33.7 Å². The highest BCUT2D eigenvalue weighted by atomic mass is 32.2. The van der Waals surface area contributed by atoms with E-state index in [2.05, 4.69) is 26.1 Å². The Bertz CT molecular complexity index is 1740. The van der Waals surface area contributed by atoms with Crippen molar-refractivity contribution in [2.45, 2.75) is 24.0 Å². The predicted octanol–water partition coefficient (Wildman–Crippen LogP) is 5.59. The lowest BCUT2D eigenvalue weighted by Crippen LogP contribution is -2.13. The normalized spacial score (nSPS) is 11.6. The number of anilines is 2. The van der Waals surface area contributed by atoms with Gasteiger partial charge in [0.15, 0.2) is 10.7 Å². The molecular weight excluding hydrogens is 532 g/mol. The van der Waals surface area contributed by atoms with Crippen LogP contribution in [0.15, 0.2) is 69.1 Å². The summed E-state index contributed by atoms with van der Waals surface area (Å²) in [6.07, 6.45) is 0. The number of oxazole rings is 1. The molecular formula is C25H22N4O5S3. The average molecular weight is 555 g/mol.